The van der Waals surface area contributed by atoms with Crippen molar-refractivity contribution in [1.29, 1.82) is 0 Å². The van der Waals surface area contributed by atoms with Gasteiger partial charge in [0, 0.05) is 11.1 Å². The molecule has 0 radical (unpaired) electrons. The first-order chi connectivity index (χ1) is 10.8. The number of carbonyl (C=O) groups excluding carboxylic acids is 2. The summed E-state index contributed by atoms with van der Waals surface area (Å²) in [5, 5.41) is 0. The largest absolute Gasteiger partial charge is 0.288 e. The zero-order valence-electron chi connectivity index (χ0n) is 13.4. The van der Waals surface area contributed by atoms with Gasteiger partial charge < -0.3 is 0 Å². The van der Waals surface area contributed by atoms with Crippen LogP contribution in [0, 0.1) is 5.82 Å². The molecule has 0 unspecified atom stereocenters. The van der Waals surface area contributed by atoms with Crippen molar-refractivity contribution in [3.05, 3.63) is 70.5 Å². The summed E-state index contributed by atoms with van der Waals surface area (Å²) in [6.45, 7) is 9.05. The second kappa shape index (κ2) is 6.24. The number of rotatable bonds is 3. The number of halogens is 1. The molecule has 0 atom stereocenters. The Labute approximate surface area is 134 Å². The van der Waals surface area contributed by atoms with E-state index >= 15 is 0 Å². The molecule has 0 N–H and O–H groups in total. The lowest BCUT2D eigenvalue weighted by atomic mass is 9.82. The van der Waals surface area contributed by atoms with Gasteiger partial charge in [0.15, 0.2) is 5.78 Å². The van der Waals surface area contributed by atoms with Crippen LogP contribution >= 0.6 is 0 Å². The third kappa shape index (κ3) is 3.42. The maximum Gasteiger partial charge on any atom is 0.276 e. The summed E-state index contributed by atoms with van der Waals surface area (Å²) in [4.78, 5) is 27.9. The van der Waals surface area contributed by atoms with Crippen LogP contribution in [0.15, 0.2) is 47.5 Å². The second-order valence-corrected chi connectivity index (χ2v) is 6.28. The van der Waals surface area contributed by atoms with E-state index in [2.05, 4.69) is 11.7 Å². The van der Waals surface area contributed by atoms with Crippen molar-refractivity contribution in [1.82, 2.24) is 0 Å². The van der Waals surface area contributed by atoms with Crippen molar-refractivity contribution < 1.29 is 14.0 Å². The van der Waals surface area contributed by atoms with Gasteiger partial charge in [-0.1, -0.05) is 39.0 Å². The van der Waals surface area contributed by atoms with Gasteiger partial charge in [-0.3, -0.25) is 9.59 Å². The molecule has 0 aliphatic rings. The summed E-state index contributed by atoms with van der Waals surface area (Å²) in [5.74, 6) is -1.43. The number of carbonyl (C=O) groups is 2. The molecule has 0 aliphatic heterocycles. The maximum atomic E-state index is 13.8. The monoisotopic (exact) mass is 311 g/mol. The highest BCUT2D eigenvalue weighted by atomic mass is 19.1. The van der Waals surface area contributed by atoms with Gasteiger partial charge in [0.2, 0.25) is 0 Å². The molecule has 2 aromatic carbocycles. The van der Waals surface area contributed by atoms with E-state index < -0.39 is 17.5 Å². The lowest BCUT2D eigenvalue weighted by molar-refractivity contribution is 0.0997. The molecule has 4 heteroatoms. The Bertz CT molecular complexity index is 788. The molecule has 2 rings (SSSR count). The van der Waals surface area contributed by atoms with Crippen LogP contribution in [0.3, 0.4) is 0 Å². The summed E-state index contributed by atoms with van der Waals surface area (Å²) in [6, 6.07) is 10.5. The predicted octanol–water partition coefficient (Wildman–Crippen LogP) is 4.20. The van der Waals surface area contributed by atoms with Crippen LogP contribution in [0.2, 0.25) is 0 Å². The summed E-state index contributed by atoms with van der Waals surface area (Å²) < 4.78 is 13.8. The molecule has 0 saturated heterocycles. The molecular weight excluding hydrogens is 293 g/mol. The summed E-state index contributed by atoms with van der Waals surface area (Å²) in [5.41, 5.74) is 1.05. The van der Waals surface area contributed by atoms with Gasteiger partial charge in [-0.2, -0.15) is 0 Å². The van der Waals surface area contributed by atoms with Crippen molar-refractivity contribution in [2.75, 3.05) is 0 Å². The molecule has 0 saturated carbocycles. The lowest BCUT2D eigenvalue weighted by Crippen LogP contribution is -2.18. The van der Waals surface area contributed by atoms with Gasteiger partial charge in [-0.15, -0.1) is 0 Å². The number of benzene rings is 2. The Morgan fingerprint density at radius 1 is 1.04 bits per heavy atom. The van der Waals surface area contributed by atoms with E-state index in [4.69, 9.17) is 0 Å². The molecule has 1 amide bonds. The Hall–Kier alpha value is -2.62. The highest BCUT2D eigenvalue weighted by Crippen LogP contribution is 2.28. The Morgan fingerprint density at radius 3 is 2.26 bits per heavy atom. The van der Waals surface area contributed by atoms with Crippen LogP contribution in [0.5, 0.6) is 0 Å². The molecule has 23 heavy (non-hydrogen) atoms. The zero-order chi connectivity index (χ0) is 17.2. The van der Waals surface area contributed by atoms with E-state index in [1.165, 1.54) is 24.3 Å². The SMILES string of the molecule is C=NC(=O)c1ccc(C(=O)c2ccccc2F)cc1C(C)(C)C. The quantitative estimate of drug-likeness (QED) is 0.630. The van der Waals surface area contributed by atoms with E-state index in [1.54, 1.807) is 18.2 Å². The molecule has 0 bridgehead atoms. The van der Waals surface area contributed by atoms with Crippen molar-refractivity contribution in [3.63, 3.8) is 0 Å². The van der Waals surface area contributed by atoms with Crippen molar-refractivity contribution in [3.8, 4) is 0 Å². The van der Waals surface area contributed by atoms with Gasteiger partial charge in [-0.25, -0.2) is 9.38 Å². The average Bonchev–Trinajstić information content (AvgIpc) is 2.52. The summed E-state index contributed by atoms with van der Waals surface area (Å²) in [6.07, 6.45) is 0. The van der Waals surface area contributed by atoms with Crippen molar-refractivity contribution in [2.24, 2.45) is 4.99 Å². The number of amides is 1. The van der Waals surface area contributed by atoms with Gasteiger partial charge in [0.1, 0.15) is 5.82 Å². The number of hydrogen-bond donors (Lipinski definition) is 0. The second-order valence-electron chi connectivity index (χ2n) is 6.28. The molecule has 0 heterocycles. The number of aliphatic imine (C=N–C) groups is 1. The fourth-order valence-electron chi connectivity index (χ4n) is 2.38. The molecule has 2 aromatic rings. The maximum absolute atomic E-state index is 13.8. The minimum atomic E-state index is -0.567. The van der Waals surface area contributed by atoms with Gasteiger partial charge in [0.25, 0.3) is 5.91 Å². The lowest BCUT2D eigenvalue weighted by Gasteiger charge is -2.22. The Kier molecular flexibility index (Phi) is 4.55. The zero-order valence-corrected chi connectivity index (χ0v) is 13.4. The van der Waals surface area contributed by atoms with Crippen LogP contribution in [0.25, 0.3) is 0 Å². The first-order valence-corrected chi connectivity index (χ1v) is 7.20. The van der Waals surface area contributed by atoms with Gasteiger partial charge >= 0.3 is 0 Å². The van der Waals surface area contributed by atoms with E-state index in [-0.39, 0.29) is 11.0 Å². The van der Waals surface area contributed by atoms with Crippen molar-refractivity contribution >= 4 is 18.4 Å². The normalized spacial score (nSPS) is 11.1. The van der Waals surface area contributed by atoms with Crippen LogP contribution in [-0.4, -0.2) is 18.4 Å². The van der Waals surface area contributed by atoms with E-state index in [1.807, 2.05) is 20.8 Å². The molecule has 0 aromatic heterocycles. The molecule has 0 aliphatic carbocycles. The minimum absolute atomic E-state index is 0.00767. The highest BCUT2D eigenvalue weighted by molar-refractivity contribution is 6.10. The fraction of sp³-hybridized carbons (Fsp3) is 0.211. The van der Waals surface area contributed by atoms with Crippen LogP contribution in [0.1, 0.15) is 52.6 Å². The first-order valence-electron chi connectivity index (χ1n) is 7.20. The minimum Gasteiger partial charge on any atom is -0.288 e. The van der Waals surface area contributed by atoms with E-state index in [0.717, 1.165) is 0 Å². The first kappa shape index (κ1) is 16.7. The smallest absolute Gasteiger partial charge is 0.276 e. The van der Waals surface area contributed by atoms with E-state index in [9.17, 15) is 14.0 Å². The average molecular weight is 311 g/mol. The van der Waals surface area contributed by atoms with Crippen LogP contribution in [-0.2, 0) is 5.41 Å². The molecular formula is C19H18FNO2. The predicted molar refractivity (Wildman–Crippen MR) is 88.9 cm³/mol. The number of ketones is 1. The van der Waals surface area contributed by atoms with E-state index in [0.29, 0.717) is 16.7 Å². The van der Waals surface area contributed by atoms with Crippen LogP contribution in [0.4, 0.5) is 4.39 Å². The molecule has 118 valence electrons. The molecule has 3 nitrogen and oxygen atoms in total. The third-order valence-corrected chi connectivity index (χ3v) is 3.58. The Balaban J connectivity index is 2.58. The number of nitrogens with zero attached hydrogens (tertiary/aromatic N) is 1. The number of hydrogen-bond acceptors (Lipinski definition) is 2. The molecule has 0 fully saturated rings. The van der Waals surface area contributed by atoms with Crippen LogP contribution < -0.4 is 0 Å². The standard InChI is InChI=1S/C19H18FNO2/c1-19(2,3)15-11-12(9-10-13(15)18(23)21-4)17(22)14-7-5-6-8-16(14)20/h5-11H,4H2,1-3H3. The Morgan fingerprint density at radius 2 is 1.70 bits per heavy atom. The summed E-state index contributed by atoms with van der Waals surface area (Å²) >= 11 is 0. The third-order valence-electron chi connectivity index (χ3n) is 3.58. The molecule has 0 spiro atoms. The summed E-state index contributed by atoms with van der Waals surface area (Å²) in [7, 11) is 0. The topological polar surface area (TPSA) is 46.5 Å². The fourth-order valence-corrected chi connectivity index (χ4v) is 2.38. The van der Waals surface area contributed by atoms with Gasteiger partial charge in [-0.05, 0) is 42.0 Å². The highest BCUT2D eigenvalue weighted by Gasteiger charge is 2.24. The van der Waals surface area contributed by atoms with Crippen molar-refractivity contribution in [2.45, 2.75) is 26.2 Å². The van der Waals surface area contributed by atoms with Gasteiger partial charge in [0.05, 0.1) is 5.56 Å².